The summed E-state index contributed by atoms with van der Waals surface area (Å²) in [6.45, 7) is 1.60. The maximum absolute atomic E-state index is 9.78. The molecule has 0 atom stereocenters. The molecule has 1 aliphatic rings. The lowest BCUT2D eigenvalue weighted by molar-refractivity contribution is 0.280. The lowest BCUT2D eigenvalue weighted by Gasteiger charge is -2.06. The fraction of sp³-hybridized carbons (Fsp3) is 0.455. The van der Waals surface area contributed by atoms with Crippen LogP contribution in [-0.4, -0.2) is 27.5 Å². The number of aryl methyl sites for hydroxylation is 1. The van der Waals surface area contributed by atoms with Crippen LogP contribution in [0, 0.1) is 6.92 Å². The van der Waals surface area contributed by atoms with E-state index in [-0.39, 0.29) is 12.4 Å². The van der Waals surface area contributed by atoms with Crippen molar-refractivity contribution in [3.05, 3.63) is 23.0 Å². The summed E-state index contributed by atoms with van der Waals surface area (Å²) in [7, 11) is 0. The van der Waals surface area contributed by atoms with E-state index in [0.717, 1.165) is 12.8 Å². The molecule has 4 heteroatoms. The van der Waals surface area contributed by atoms with Crippen molar-refractivity contribution in [3.8, 4) is 5.75 Å². The first kappa shape index (κ1) is 10.1. The molecule has 1 heterocycles. The van der Waals surface area contributed by atoms with Crippen molar-refractivity contribution in [1.29, 1.82) is 0 Å². The molecule has 1 fully saturated rings. The molecule has 0 aliphatic heterocycles. The average molecular weight is 206 g/mol. The third kappa shape index (κ3) is 2.15. The summed E-state index contributed by atoms with van der Waals surface area (Å²) in [5, 5.41) is 18.9. The van der Waals surface area contributed by atoms with Crippen molar-refractivity contribution in [2.24, 2.45) is 4.99 Å². The van der Waals surface area contributed by atoms with Gasteiger partial charge >= 0.3 is 0 Å². The molecule has 1 aliphatic carbocycles. The number of aromatic nitrogens is 1. The zero-order chi connectivity index (χ0) is 10.8. The molecule has 4 nitrogen and oxygen atoms in total. The van der Waals surface area contributed by atoms with Crippen molar-refractivity contribution >= 4 is 6.21 Å². The van der Waals surface area contributed by atoms with Gasteiger partial charge in [0.05, 0.1) is 18.3 Å². The number of aliphatic hydroxyl groups excluding tert-OH is 1. The molecule has 80 valence electrons. The van der Waals surface area contributed by atoms with Crippen LogP contribution in [0.2, 0.25) is 0 Å². The van der Waals surface area contributed by atoms with E-state index in [2.05, 4.69) is 9.98 Å². The zero-order valence-corrected chi connectivity index (χ0v) is 8.64. The van der Waals surface area contributed by atoms with E-state index in [1.165, 1.54) is 0 Å². The quantitative estimate of drug-likeness (QED) is 0.729. The Morgan fingerprint density at radius 3 is 2.93 bits per heavy atom. The Kier molecular flexibility index (Phi) is 2.68. The minimum absolute atomic E-state index is 0.117. The van der Waals surface area contributed by atoms with Crippen LogP contribution in [0.5, 0.6) is 5.75 Å². The van der Waals surface area contributed by atoms with E-state index in [1.54, 1.807) is 19.3 Å². The zero-order valence-electron chi connectivity index (χ0n) is 8.64. The summed E-state index contributed by atoms with van der Waals surface area (Å²) in [5.41, 5.74) is 1.77. The van der Waals surface area contributed by atoms with Crippen LogP contribution >= 0.6 is 0 Å². The van der Waals surface area contributed by atoms with Gasteiger partial charge in [-0.05, 0) is 19.8 Å². The summed E-state index contributed by atoms with van der Waals surface area (Å²) in [6.07, 6.45) is 5.46. The highest BCUT2D eigenvalue weighted by Gasteiger charge is 2.19. The first-order valence-electron chi connectivity index (χ1n) is 5.04. The molecular weight excluding hydrogens is 192 g/mol. The van der Waals surface area contributed by atoms with Gasteiger partial charge < -0.3 is 10.2 Å². The van der Waals surface area contributed by atoms with Gasteiger partial charge in [-0.2, -0.15) is 0 Å². The van der Waals surface area contributed by atoms with Gasteiger partial charge in [-0.15, -0.1) is 0 Å². The molecule has 1 aromatic heterocycles. The number of aliphatic hydroxyl groups is 1. The molecule has 1 saturated carbocycles. The Labute approximate surface area is 88.3 Å². The van der Waals surface area contributed by atoms with Gasteiger partial charge in [0.15, 0.2) is 0 Å². The number of hydrogen-bond acceptors (Lipinski definition) is 4. The van der Waals surface area contributed by atoms with Crippen molar-refractivity contribution in [1.82, 2.24) is 4.98 Å². The van der Waals surface area contributed by atoms with Crippen LogP contribution in [0.25, 0.3) is 0 Å². The minimum Gasteiger partial charge on any atom is -0.505 e. The molecule has 15 heavy (non-hydrogen) atoms. The highest BCUT2D eigenvalue weighted by atomic mass is 16.3. The van der Waals surface area contributed by atoms with E-state index in [9.17, 15) is 5.11 Å². The van der Waals surface area contributed by atoms with Crippen molar-refractivity contribution in [2.75, 3.05) is 0 Å². The Balaban J connectivity index is 2.36. The first-order valence-corrected chi connectivity index (χ1v) is 5.04. The lowest BCUT2D eigenvalue weighted by Crippen LogP contribution is -1.98. The Hall–Kier alpha value is -1.42. The normalized spacial score (nSPS) is 16.1. The van der Waals surface area contributed by atoms with Crippen LogP contribution in [-0.2, 0) is 6.61 Å². The SMILES string of the molecule is Cc1ncc(CO)c(C=NC2CC2)c1O. The number of rotatable bonds is 3. The standard InChI is InChI=1S/C11H14N2O2/c1-7-11(15)10(5-13-9-2-3-9)8(6-14)4-12-7/h4-5,9,14-15H,2-3,6H2,1H3. The maximum atomic E-state index is 9.78. The molecule has 0 radical (unpaired) electrons. The van der Waals surface area contributed by atoms with E-state index in [1.807, 2.05) is 0 Å². The predicted octanol–water partition coefficient (Wildman–Crippen LogP) is 1.17. The van der Waals surface area contributed by atoms with Crippen LogP contribution in [0.15, 0.2) is 11.2 Å². The summed E-state index contributed by atoms with van der Waals surface area (Å²) in [5.74, 6) is 0.117. The van der Waals surface area contributed by atoms with Crippen molar-refractivity contribution < 1.29 is 10.2 Å². The highest BCUT2D eigenvalue weighted by molar-refractivity contribution is 5.85. The largest absolute Gasteiger partial charge is 0.505 e. The second-order valence-electron chi connectivity index (χ2n) is 3.80. The van der Waals surface area contributed by atoms with E-state index < -0.39 is 0 Å². The van der Waals surface area contributed by atoms with Gasteiger partial charge in [-0.1, -0.05) is 0 Å². The summed E-state index contributed by atoms with van der Waals surface area (Å²) in [4.78, 5) is 8.27. The van der Waals surface area contributed by atoms with Gasteiger partial charge in [0.1, 0.15) is 5.75 Å². The highest BCUT2D eigenvalue weighted by Crippen LogP contribution is 2.26. The summed E-state index contributed by atoms with van der Waals surface area (Å²) >= 11 is 0. The van der Waals surface area contributed by atoms with Crippen molar-refractivity contribution in [2.45, 2.75) is 32.4 Å². The minimum atomic E-state index is -0.132. The molecular formula is C11H14N2O2. The Morgan fingerprint density at radius 1 is 1.60 bits per heavy atom. The molecule has 0 spiro atoms. The smallest absolute Gasteiger partial charge is 0.145 e. The molecule has 0 bridgehead atoms. The number of hydrogen-bond donors (Lipinski definition) is 2. The second-order valence-corrected chi connectivity index (χ2v) is 3.80. The van der Waals surface area contributed by atoms with Gasteiger partial charge in [-0.3, -0.25) is 9.98 Å². The molecule has 1 aromatic rings. The monoisotopic (exact) mass is 206 g/mol. The second kappa shape index (κ2) is 3.98. The predicted molar refractivity (Wildman–Crippen MR) is 57.2 cm³/mol. The average Bonchev–Trinajstić information content (AvgIpc) is 3.04. The van der Waals surface area contributed by atoms with E-state index >= 15 is 0 Å². The lowest BCUT2D eigenvalue weighted by atomic mass is 10.1. The van der Waals surface area contributed by atoms with Gasteiger partial charge in [0, 0.05) is 23.5 Å². The fourth-order valence-electron chi connectivity index (χ4n) is 1.33. The Bertz CT molecular complexity index is 398. The van der Waals surface area contributed by atoms with Crippen LogP contribution in [0.3, 0.4) is 0 Å². The molecule has 0 amide bonds. The topological polar surface area (TPSA) is 65.7 Å². The van der Waals surface area contributed by atoms with E-state index in [4.69, 9.17) is 5.11 Å². The number of aliphatic imine (C=N–C) groups is 1. The summed E-state index contributed by atoms with van der Waals surface area (Å²) < 4.78 is 0. The fourth-order valence-corrected chi connectivity index (χ4v) is 1.33. The third-order valence-electron chi connectivity index (χ3n) is 2.49. The summed E-state index contributed by atoms with van der Waals surface area (Å²) in [6, 6.07) is 0.407. The number of aromatic hydroxyl groups is 1. The first-order chi connectivity index (χ1) is 7.22. The van der Waals surface area contributed by atoms with Crippen molar-refractivity contribution in [3.63, 3.8) is 0 Å². The maximum Gasteiger partial charge on any atom is 0.145 e. The van der Waals surface area contributed by atoms with Gasteiger partial charge in [-0.25, -0.2) is 0 Å². The molecule has 0 aromatic carbocycles. The Morgan fingerprint density at radius 2 is 2.33 bits per heavy atom. The molecule has 2 rings (SSSR count). The van der Waals surface area contributed by atoms with E-state index in [0.29, 0.717) is 22.9 Å². The number of pyridine rings is 1. The van der Waals surface area contributed by atoms with Crippen LogP contribution in [0.1, 0.15) is 29.7 Å². The van der Waals surface area contributed by atoms with Gasteiger partial charge in [0.25, 0.3) is 0 Å². The molecule has 0 unspecified atom stereocenters. The molecule has 0 saturated heterocycles. The third-order valence-corrected chi connectivity index (χ3v) is 2.49. The number of nitrogens with zero attached hydrogens (tertiary/aromatic N) is 2. The van der Waals surface area contributed by atoms with Crippen LogP contribution < -0.4 is 0 Å². The van der Waals surface area contributed by atoms with Crippen LogP contribution in [0.4, 0.5) is 0 Å². The molecule has 2 N–H and O–H groups in total. The van der Waals surface area contributed by atoms with Gasteiger partial charge in [0.2, 0.25) is 0 Å².